The Morgan fingerprint density at radius 1 is 0.423 bits per heavy atom. The third-order valence-electron chi connectivity index (χ3n) is 10.9. The van der Waals surface area contributed by atoms with Crippen LogP contribution in [0.3, 0.4) is 0 Å². The highest BCUT2D eigenvalue weighted by molar-refractivity contribution is 7.20. The van der Waals surface area contributed by atoms with Crippen LogP contribution in [0.2, 0.25) is 0 Å². The van der Waals surface area contributed by atoms with Gasteiger partial charge in [0.2, 0.25) is 0 Å². The van der Waals surface area contributed by atoms with Crippen molar-refractivity contribution < 1.29 is 9.15 Å². The fraction of sp³-hybridized carbons (Fsp3) is 0. The largest absolute Gasteiger partial charge is 0.457 e. The SMILES string of the molecule is c1ccc([Si]2(c3ccccc3)c3ccccc3Oc3c(-c4cc(-n5c6ccccc6c6ccccc65)cc5c4oc4ccccc45)cccc32)cc1. The Morgan fingerprint density at radius 2 is 1.00 bits per heavy atom. The Bertz CT molecular complexity index is 2900. The molecular formula is C48H31NO2Si. The van der Waals surface area contributed by atoms with Gasteiger partial charge >= 0.3 is 0 Å². The van der Waals surface area contributed by atoms with Crippen molar-refractivity contribution in [1.29, 1.82) is 0 Å². The maximum atomic E-state index is 7.14. The molecule has 3 nitrogen and oxygen atoms in total. The van der Waals surface area contributed by atoms with E-state index in [1.165, 1.54) is 42.6 Å². The standard InChI is InChI=1S/C48H31NO2Si/c1-3-16-33(17-4-1)52(34-18-5-2-6-19-34)45-28-14-13-27-44(45)51-48-38(23-15-29-46(48)52)40-31-32(30-39-37-22-9-12-26-43(37)50-47(39)40)49-41-24-10-7-20-35(41)36-21-8-11-25-42(36)49/h1-31H. The van der Waals surface area contributed by atoms with Crippen LogP contribution < -0.4 is 25.5 Å². The van der Waals surface area contributed by atoms with Crippen molar-refractivity contribution in [2.75, 3.05) is 0 Å². The normalized spacial score (nSPS) is 13.3. The van der Waals surface area contributed by atoms with Crippen LogP contribution in [-0.4, -0.2) is 12.6 Å². The molecule has 1 aliphatic heterocycles. The third kappa shape index (κ3) is 4.01. The molecule has 52 heavy (non-hydrogen) atoms. The predicted molar refractivity (Wildman–Crippen MR) is 217 cm³/mol. The fourth-order valence-electron chi connectivity index (χ4n) is 8.78. The number of rotatable bonds is 4. The van der Waals surface area contributed by atoms with Crippen LogP contribution >= 0.6 is 0 Å². The average Bonchev–Trinajstić information content (AvgIpc) is 3.76. The highest BCUT2D eigenvalue weighted by Crippen LogP contribution is 2.44. The molecule has 0 spiro atoms. The number of hydrogen-bond donors (Lipinski definition) is 0. The fourth-order valence-corrected chi connectivity index (χ4v) is 13.8. The zero-order valence-electron chi connectivity index (χ0n) is 28.2. The predicted octanol–water partition coefficient (Wildman–Crippen LogP) is 9.83. The Labute approximate surface area is 301 Å². The van der Waals surface area contributed by atoms with Crippen molar-refractivity contribution in [1.82, 2.24) is 4.57 Å². The van der Waals surface area contributed by atoms with E-state index < -0.39 is 8.07 Å². The first-order valence-electron chi connectivity index (χ1n) is 17.8. The average molecular weight is 682 g/mol. The molecule has 0 bridgehead atoms. The van der Waals surface area contributed by atoms with E-state index in [1.54, 1.807) is 0 Å². The summed E-state index contributed by atoms with van der Waals surface area (Å²) in [6.45, 7) is 0. The lowest BCUT2D eigenvalue weighted by Gasteiger charge is -2.40. The van der Waals surface area contributed by atoms with Gasteiger partial charge in [0.25, 0.3) is 0 Å². The van der Waals surface area contributed by atoms with Gasteiger partial charge in [-0.15, -0.1) is 0 Å². The topological polar surface area (TPSA) is 27.3 Å². The molecule has 1 aliphatic rings. The molecule has 8 aromatic carbocycles. The summed E-state index contributed by atoms with van der Waals surface area (Å²) < 4.78 is 16.4. The van der Waals surface area contributed by atoms with Crippen molar-refractivity contribution in [3.8, 4) is 28.3 Å². The first-order chi connectivity index (χ1) is 25.8. The minimum absolute atomic E-state index is 0.855. The first kappa shape index (κ1) is 29.1. The number of benzene rings is 8. The monoisotopic (exact) mass is 681 g/mol. The zero-order valence-corrected chi connectivity index (χ0v) is 29.2. The lowest BCUT2D eigenvalue weighted by molar-refractivity contribution is 0.489. The molecule has 0 aliphatic carbocycles. The molecule has 0 radical (unpaired) electrons. The van der Waals surface area contributed by atoms with Crippen LogP contribution in [-0.2, 0) is 0 Å². The van der Waals surface area contributed by atoms with Gasteiger partial charge in [0, 0.05) is 38.4 Å². The second-order valence-electron chi connectivity index (χ2n) is 13.6. The van der Waals surface area contributed by atoms with Crippen LogP contribution in [0.5, 0.6) is 11.5 Å². The van der Waals surface area contributed by atoms with Gasteiger partial charge in [-0.05, 0) is 57.1 Å². The summed E-state index contributed by atoms with van der Waals surface area (Å²) >= 11 is 0. The van der Waals surface area contributed by atoms with E-state index in [2.05, 4.69) is 187 Å². The number of nitrogens with zero attached hydrogens (tertiary/aromatic N) is 1. The molecule has 10 aromatic rings. The number of hydrogen-bond acceptors (Lipinski definition) is 2. The van der Waals surface area contributed by atoms with E-state index in [0.717, 1.165) is 50.3 Å². The molecule has 11 rings (SSSR count). The lowest BCUT2D eigenvalue weighted by atomic mass is 10.00. The van der Waals surface area contributed by atoms with Crippen LogP contribution in [0.15, 0.2) is 192 Å². The highest BCUT2D eigenvalue weighted by atomic mass is 28.3. The van der Waals surface area contributed by atoms with E-state index in [0.29, 0.717) is 0 Å². The minimum atomic E-state index is -2.84. The summed E-state index contributed by atoms with van der Waals surface area (Å²) in [5.41, 5.74) is 7.16. The van der Waals surface area contributed by atoms with Crippen molar-refractivity contribution in [2.24, 2.45) is 0 Å². The van der Waals surface area contributed by atoms with E-state index in [1.807, 2.05) is 6.07 Å². The van der Waals surface area contributed by atoms with Gasteiger partial charge < -0.3 is 13.7 Å². The van der Waals surface area contributed by atoms with Gasteiger partial charge in [-0.25, -0.2) is 0 Å². The van der Waals surface area contributed by atoms with Crippen molar-refractivity contribution in [2.45, 2.75) is 0 Å². The second kappa shape index (κ2) is 11.2. The Morgan fingerprint density at radius 3 is 1.71 bits per heavy atom. The number of fused-ring (bicyclic) bond motifs is 8. The van der Waals surface area contributed by atoms with Crippen molar-refractivity contribution in [3.63, 3.8) is 0 Å². The Hall–Kier alpha value is -6.62. The van der Waals surface area contributed by atoms with E-state index >= 15 is 0 Å². The molecule has 0 saturated heterocycles. The summed E-state index contributed by atoms with van der Waals surface area (Å²) in [6, 6.07) is 67.8. The number of para-hydroxylation sites is 5. The van der Waals surface area contributed by atoms with E-state index in [9.17, 15) is 0 Å². The summed E-state index contributed by atoms with van der Waals surface area (Å²) in [5.74, 6) is 1.79. The summed E-state index contributed by atoms with van der Waals surface area (Å²) in [5, 5.41) is 9.76. The number of aromatic nitrogens is 1. The molecule has 0 amide bonds. The van der Waals surface area contributed by atoms with Crippen LogP contribution in [0.25, 0.3) is 60.6 Å². The van der Waals surface area contributed by atoms with Crippen molar-refractivity contribution >= 4 is 72.6 Å². The van der Waals surface area contributed by atoms with Crippen LogP contribution in [0, 0.1) is 0 Å². The van der Waals surface area contributed by atoms with Gasteiger partial charge in [-0.3, -0.25) is 0 Å². The third-order valence-corrected chi connectivity index (χ3v) is 15.7. The quantitative estimate of drug-likeness (QED) is 0.173. The lowest BCUT2D eigenvalue weighted by Crippen LogP contribution is -2.76. The summed E-state index contributed by atoms with van der Waals surface area (Å²) in [6.07, 6.45) is 0. The maximum absolute atomic E-state index is 7.14. The molecule has 244 valence electrons. The number of furan rings is 1. The van der Waals surface area contributed by atoms with Crippen molar-refractivity contribution in [3.05, 3.63) is 188 Å². The molecule has 4 heteroatoms. The van der Waals surface area contributed by atoms with Gasteiger partial charge in [0.1, 0.15) is 22.7 Å². The molecule has 0 N–H and O–H groups in total. The highest BCUT2D eigenvalue weighted by Gasteiger charge is 2.48. The Balaban J connectivity index is 1.27. The molecule has 3 heterocycles. The van der Waals surface area contributed by atoms with Gasteiger partial charge in [-0.2, -0.15) is 0 Å². The Kier molecular flexibility index (Phi) is 6.27. The van der Waals surface area contributed by atoms with E-state index in [4.69, 9.17) is 9.15 Å². The van der Waals surface area contributed by atoms with Gasteiger partial charge in [0.15, 0.2) is 8.07 Å². The van der Waals surface area contributed by atoms with Crippen LogP contribution in [0.1, 0.15) is 0 Å². The summed E-state index contributed by atoms with van der Waals surface area (Å²) in [4.78, 5) is 0. The smallest absolute Gasteiger partial charge is 0.188 e. The molecule has 2 aromatic heterocycles. The maximum Gasteiger partial charge on any atom is 0.188 e. The zero-order chi connectivity index (χ0) is 34.2. The summed E-state index contributed by atoms with van der Waals surface area (Å²) in [7, 11) is -2.84. The second-order valence-corrected chi connectivity index (χ2v) is 17.3. The van der Waals surface area contributed by atoms with E-state index in [-0.39, 0.29) is 0 Å². The molecule has 0 saturated carbocycles. The van der Waals surface area contributed by atoms with Gasteiger partial charge in [-0.1, -0.05) is 152 Å². The van der Waals surface area contributed by atoms with Crippen LogP contribution in [0.4, 0.5) is 0 Å². The minimum Gasteiger partial charge on any atom is -0.457 e. The first-order valence-corrected chi connectivity index (χ1v) is 19.8. The molecular weight excluding hydrogens is 651 g/mol. The molecule has 0 fully saturated rings. The number of ether oxygens (including phenoxy) is 1. The molecule has 0 atom stereocenters. The van der Waals surface area contributed by atoms with Gasteiger partial charge in [0.05, 0.1) is 11.0 Å². The molecule has 0 unspecified atom stereocenters.